The predicted octanol–water partition coefficient (Wildman–Crippen LogP) is 11.9. The van der Waals surface area contributed by atoms with Crippen LogP contribution in [0.25, 0.3) is 86.0 Å². The number of pyridine rings is 1. The first-order valence-electron chi connectivity index (χ1n) is 14.6. The molecule has 0 aliphatic heterocycles. The summed E-state index contributed by atoms with van der Waals surface area (Å²) >= 11 is 1.88. The van der Waals surface area contributed by atoms with Crippen molar-refractivity contribution in [3.8, 4) is 33.5 Å². The van der Waals surface area contributed by atoms with Crippen LogP contribution < -0.4 is 0 Å². The van der Waals surface area contributed by atoms with Gasteiger partial charge in [0.05, 0.1) is 5.69 Å². The normalized spacial score (nSPS) is 11.7. The molecule has 2 aromatic heterocycles. The highest BCUT2D eigenvalue weighted by Crippen LogP contribution is 2.45. The summed E-state index contributed by atoms with van der Waals surface area (Å²) in [5.41, 5.74) is 7.04. The van der Waals surface area contributed by atoms with Crippen molar-refractivity contribution in [2.24, 2.45) is 0 Å². The molecule has 2 heterocycles. The van der Waals surface area contributed by atoms with E-state index in [4.69, 9.17) is 4.98 Å². The maximum Gasteiger partial charge on any atom is 0.0714 e. The standard InChI is InChI=1S/C41H25NS/c1-2-12-27(13-3-1)38-31-15-6-8-17-33(31)39(34-18-9-7-16-32(34)38)36-24-22-28(25-42-36)29-19-10-20-37-40(29)35-23-21-26-11-4-5-14-30(26)41(35)43-37/h1-25H. The van der Waals surface area contributed by atoms with E-state index in [2.05, 4.69) is 152 Å². The van der Waals surface area contributed by atoms with Gasteiger partial charge >= 0.3 is 0 Å². The van der Waals surface area contributed by atoms with Crippen LogP contribution in [0.5, 0.6) is 0 Å². The summed E-state index contributed by atoms with van der Waals surface area (Å²) in [7, 11) is 0. The number of hydrogen-bond donors (Lipinski definition) is 0. The first-order valence-corrected chi connectivity index (χ1v) is 15.5. The Labute approximate surface area is 253 Å². The third kappa shape index (κ3) is 3.74. The zero-order chi connectivity index (χ0) is 28.3. The lowest BCUT2D eigenvalue weighted by Gasteiger charge is -2.17. The Morgan fingerprint density at radius 2 is 1.07 bits per heavy atom. The van der Waals surface area contributed by atoms with Gasteiger partial charge in [-0.3, -0.25) is 4.98 Å². The fourth-order valence-electron chi connectivity index (χ4n) is 6.82. The van der Waals surface area contributed by atoms with Crippen LogP contribution in [0, 0.1) is 0 Å². The van der Waals surface area contributed by atoms with Crippen molar-refractivity contribution in [2.75, 3.05) is 0 Å². The van der Waals surface area contributed by atoms with Gasteiger partial charge in [0.15, 0.2) is 0 Å². The van der Waals surface area contributed by atoms with Crippen LogP contribution in [0.2, 0.25) is 0 Å². The molecule has 9 aromatic rings. The number of fused-ring (bicyclic) bond motifs is 7. The largest absolute Gasteiger partial charge is 0.256 e. The number of benzene rings is 7. The third-order valence-corrected chi connectivity index (χ3v) is 9.92. The smallest absolute Gasteiger partial charge is 0.0714 e. The monoisotopic (exact) mass is 563 g/mol. The molecule has 0 unspecified atom stereocenters. The van der Waals surface area contributed by atoms with Crippen LogP contribution in [-0.2, 0) is 0 Å². The molecule has 0 aliphatic carbocycles. The van der Waals surface area contributed by atoms with Gasteiger partial charge in [0.25, 0.3) is 0 Å². The Morgan fingerprint density at radius 3 is 1.77 bits per heavy atom. The van der Waals surface area contributed by atoms with Gasteiger partial charge in [0.1, 0.15) is 0 Å². The van der Waals surface area contributed by atoms with Crippen molar-refractivity contribution in [3.05, 3.63) is 152 Å². The summed E-state index contributed by atoms with van der Waals surface area (Å²) in [6.45, 7) is 0. The van der Waals surface area contributed by atoms with Crippen molar-refractivity contribution in [3.63, 3.8) is 0 Å². The second kappa shape index (κ2) is 9.62. The minimum Gasteiger partial charge on any atom is -0.256 e. The lowest BCUT2D eigenvalue weighted by Crippen LogP contribution is -1.92. The van der Waals surface area contributed by atoms with Crippen molar-refractivity contribution < 1.29 is 0 Å². The predicted molar refractivity (Wildman–Crippen MR) is 186 cm³/mol. The van der Waals surface area contributed by atoms with Gasteiger partial charge in [0, 0.05) is 37.5 Å². The molecule has 0 bridgehead atoms. The number of rotatable bonds is 3. The van der Waals surface area contributed by atoms with E-state index in [1.807, 2.05) is 11.3 Å². The minimum atomic E-state index is 0.990. The van der Waals surface area contributed by atoms with Crippen LogP contribution >= 0.6 is 11.3 Å². The molecule has 0 aliphatic rings. The van der Waals surface area contributed by atoms with Crippen molar-refractivity contribution in [2.45, 2.75) is 0 Å². The van der Waals surface area contributed by atoms with E-state index in [0.717, 1.165) is 11.3 Å². The number of nitrogens with zero attached hydrogens (tertiary/aromatic N) is 1. The molecule has 0 atom stereocenters. The van der Waals surface area contributed by atoms with Crippen LogP contribution in [0.4, 0.5) is 0 Å². The molecule has 1 nitrogen and oxygen atoms in total. The van der Waals surface area contributed by atoms with E-state index in [9.17, 15) is 0 Å². The van der Waals surface area contributed by atoms with E-state index in [1.165, 1.54) is 74.7 Å². The Kier molecular flexibility index (Phi) is 5.44. The van der Waals surface area contributed by atoms with E-state index in [-0.39, 0.29) is 0 Å². The molecule has 0 saturated heterocycles. The Hall–Kier alpha value is -5.31. The topological polar surface area (TPSA) is 12.9 Å². The fraction of sp³-hybridized carbons (Fsp3) is 0. The number of aromatic nitrogens is 1. The molecular formula is C41H25NS. The summed E-state index contributed by atoms with van der Waals surface area (Å²) in [6, 6.07) is 52.6. The van der Waals surface area contributed by atoms with E-state index >= 15 is 0 Å². The molecule has 43 heavy (non-hydrogen) atoms. The lowest BCUT2D eigenvalue weighted by molar-refractivity contribution is 1.34. The van der Waals surface area contributed by atoms with E-state index < -0.39 is 0 Å². The average molecular weight is 564 g/mol. The van der Waals surface area contributed by atoms with Crippen molar-refractivity contribution >= 4 is 63.8 Å². The first kappa shape index (κ1) is 24.3. The minimum absolute atomic E-state index is 0.990. The summed E-state index contributed by atoms with van der Waals surface area (Å²) in [4.78, 5) is 5.15. The molecule has 0 amide bonds. The zero-order valence-corrected chi connectivity index (χ0v) is 24.1. The summed E-state index contributed by atoms with van der Waals surface area (Å²) < 4.78 is 2.66. The van der Waals surface area contributed by atoms with E-state index in [1.54, 1.807) is 0 Å². The quantitative estimate of drug-likeness (QED) is 0.195. The molecule has 7 aromatic carbocycles. The second-order valence-corrected chi connectivity index (χ2v) is 12.1. The lowest BCUT2D eigenvalue weighted by atomic mass is 9.87. The molecular weight excluding hydrogens is 539 g/mol. The third-order valence-electron chi connectivity index (χ3n) is 8.71. The summed E-state index contributed by atoms with van der Waals surface area (Å²) in [5, 5.41) is 10.2. The maximum atomic E-state index is 5.15. The number of hydrogen-bond acceptors (Lipinski definition) is 2. The van der Waals surface area contributed by atoms with Gasteiger partial charge in [-0.1, -0.05) is 133 Å². The SMILES string of the molecule is c1ccc(-c2c3ccccc3c(-c3ccc(-c4cccc5sc6c7ccccc7ccc6c45)cn3)c3ccccc23)cc1. The van der Waals surface area contributed by atoms with Crippen molar-refractivity contribution in [1.82, 2.24) is 4.98 Å². The maximum absolute atomic E-state index is 5.15. The Bertz CT molecular complexity index is 2430. The highest BCUT2D eigenvalue weighted by molar-refractivity contribution is 7.26. The molecule has 0 N–H and O–H groups in total. The molecule has 2 heteroatoms. The fourth-order valence-corrected chi connectivity index (χ4v) is 8.08. The van der Waals surface area contributed by atoms with Gasteiger partial charge in [-0.05, 0) is 61.1 Å². The second-order valence-electron chi connectivity index (χ2n) is 11.1. The summed E-state index contributed by atoms with van der Waals surface area (Å²) in [5.74, 6) is 0. The van der Waals surface area contributed by atoms with Crippen LogP contribution in [-0.4, -0.2) is 4.98 Å². The van der Waals surface area contributed by atoms with Crippen molar-refractivity contribution in [1.29, 1.82) is 0 Å². The Morgan fingerprint density at radius 1 is 0.419 bits per heavy atom. The van der Waals surface area contributed by atoms with Gasteiger partial charge in [-0.2, -0.15) is 0 Å². The Balaban J connectivity index is 1.25. The molecule has 0 saturated carbocycles. The number of thiophene rings is 1. The first-order chi connectivity index (χ1) is 21.3. The molecule has 0 radical (unpaired) electrons. The molecule has 0 spiro atoms. The van der Waals surface area contributed by atoms with Gasteiger partial charge in [-0.15, -0.1) is 11.3 Å². The highest BCUT2D eigenvalue weighted by Gasteiger charge is 2.18. The zero-order valence-electron chi connectivity index (χ0n) is 23.3. The van der Waals surface area contributed by atoms with Crippen LogP contribution in [0.1, 0.15) is 0 Å². The van der Waals surface area contributed by atoms with Crippen LogP contribution in [0.15, 0.2) is 152 Å². The summed E-state index contributed by atoms with van der Waals surface area (Å²) in [6.07, 6.45) is 2.06. The van der Waals surface area contributed by atoms with Gasteiger partial charge < -0.3 is 0 Å². The van der Waals surface area contributed by atoms with E-state index in [0.29, 0.717) is 0 Å². The highest BCUT2D eigenvalue weighted by atomic mass is 32.1. The molecule has 9 rings (SSSR count). The van der Waals surface area contributed by atoms with Gasteiger partial charge in [0.2, 0.25) is 0 Å². The molecule has 200 valence electrons. The van der Waals surface area contributed by atoms with Gasteiger partial charge in [-0.25, -0.2) is 0 Å². The van der Waals surface area contributed by atoms with Crippen LogP contribution in [0.3, 0.4) is 0 Å². The average Bonchev–Trinajstić information content (AvgIpc) is 3.47. The molecule has 0 fully saturated rings.